The molecule has 4 atom stereocenters. The van der Waals surface area contributed by atoms with E-state index < -0.39 is 44.1 Å². The predicted molar refractivity (Wildman–Crippen MR) is 175 cm³/mol. The molecule has 0 unspecified atom stereocenters. The number of carbonyl (C=O) groups is 1. The minimum absolute atomic E-state index is 0.0526. The Morgan fingerprint density at radius 1 is 0.667 bits per heavy atom. The number of piperidine rings is 2. The molecule has 6 rings (SSSR count). The molecule has 234 valence electrons. The van der Waals surface area contributed by atoms with Crippen molar-refractivity contribution in [2.75, 3.05) is 6.54 Å². The number of aryl methyl sites for hydroxylation is 2. The number of fused-ring (bicyclic) bond motifs is 1. The van der Waals surface area contributed by atoms with E-state index in [4.69, 9.17) is 23.2 Å². The van der Waals surface area contributed by atoms with Crippen molar-refractivity contribution in [1.29, 1.82) is 0 Å². The van der Waals surface area contributed by atoms with Crippen LogP contribution in [0.4, 0.5) is 0 Å². The lowest BCUT2D eigenvalue weighted by Crippen LogP contribution is -2.60. The van der Waals surface area contributed by atoms with Gasteiger partial charge in [-0.25, -0.2) is 16.8 Å². The molecule has 0 bridgehead atoms. The van der Waals surface area contributed by atoms with E-state index in [0.29, 0.717) is 21.2 Å². The molecule has 0 aliphatic carbocycles. The zero-order valence-corrected chi connectivity index (χ0v) is 27.8. The van der Waals surface area contributed by atoms with E-state index >= 15 is 0 Å². The normalized spacial score (nSPS) is 23.1. The topological polar surface area (TPSA) is 91.8 Å². The van der Waals surface area contributed by atoms with E-state index in [2.05, 4.69) is 0 Å². The summed E-state index contributed by atoms with van der Waals surface area (Å²) in [4.78, 5) is 14.2. The number of rotatable bonds is 6. The molecule has 0 spiro atoms. The van der Waals surface area contributed by atoms with Gasteiger partial charge in [0, 0.05) is 35.0 Å². The Hall–Kier alpha value is -3.05. The van der Waals surface area contributed by atoms with Crippen molar-refractivity contribution in [3.05, 3.63) is 129 Å². The summed E-state index contributed by atoms with van der Waals surface area (Å²) in [5, 5.41) is 0.910. The number of carbonyl (C=O) groups excluding carboxylic acids is 1. The molecule has 0 radical (unpaired) electrons. The highest BCUT2D eigenvalue weighted by molar-refractivity contribution is 7.89. The quantitative estimate of drug-likeness (QED) is 0.216. The smallest absolute Gasteiger partial charge is 0.243 e. The number of sulfonamides is 2. The summed E-state index contributed by atoms with van der Waals surface area (Å²) < 4.78 is 60.4. The van der Waals surface area contributed by atoms with Crippen molar-refractivity contribution in [2.24, 2.45) is 5.92 Å². The molecule has 45 heavy (non-hydrogen) atoms. The van der Waals surface area contributed by atoms with Gasteiger partial charge in [0.1, 0.15) is 5.78 Å². The maximum absolute atomic E-state index is 14.6. The van der Waals surface area contributed by atoms with Crippen LogP contribution < -0.4 is 0 Å². The van der Waals surface area contributed by atoms with Crippen molar-refractivity contribution in [2.45, 2.75) is 54.6 Å². The van der Waals surface area contributed by atoms with E-state index in [-0.39, 0.29) is 35.0 Å². The summed E-state index contributed by atoms with van der Waals surface area (Å²) in [6.07, 6.45) is -0.0504. The van der Waals surface area contributed by atoms with Crippen LogP contribution in [0.5, 0.6) is 0 Å². The molecule has 4 aromatic rings. The monoisotopic (exact) mass is 682 g/mol. The van der Waals surface area contributed by atoms with Crippen LogP contribution in [0.2, 0.25) is 10.0 Å². The van der Waals surface area contributed by atoms with Crippen molar-refractivity contribution in [1.82, 2.24) is 8.61 Å². The maximum Gasteiger partial charge on any atom is 0.243 e. The van der Waals surface area contributed by atoms with Gasteiger partial charge in [-0.1, -0.05) is 82.9 Å². The first-order valence-electron chi connectivity index (χ1n) is 14.6. The highest BCUT2D eigenvalue weighted by atomic mass is 35.5. The van der Waals surface area contributed by atoms with Crippen LogP contribution in [0.1, 0.15) is 47.2 Å². The highest BCUT2D eigenvalue weighted by Crippen LogP contribution is 2.48. The summed E-state index contributed by atoms with van der Waals surface area (Å²) >= 11 is 12.6. The SMILES string of the molecule is Cc1ccc(S(=O)(=O)N2C[C@H]3C(=O)C[C@@H](c4ccc(Cl)cc4)N(S(=O)(=O)c4ccc(C)cc4)[C@H]3C[C@H]2c2cccc(Cl)c2)cc1. The molecule has 2 heterocycles. The Balaban J connectivity index is 1.51. The van der Waals surface area contributed by atoms with Gasteiger partial charge in [0.2, 0.25) is 20.0 Å². The number of benzene rings is 4. The van der Waals surface area contributed by atoms with E-state index in [0.717, 1.165) is 11.1 Å². The fraction of sp³-hybridized carbons (Fsp3) is 0.265. The molecule has 0 saturated carbocycles. The second kappa shape index (κ2) is 12.3. The Morgan fingerprint density at radius 2 is 1.24 bits per heavy atom. The van der Waals surface area contributed by atoms with Gasteiger partial charge in [-0.15, -0.1) is 0 Å². The highest BCUT2D eigenvalue weighted by Gasteiger charge is 2.54. The van der Waals surface area contributed by atoms with Crippen molar-refractivity contribution in [3.63, 3.8) is 0 Å². The molecule has 0 amide bonds. The van der Waals surface area contributed by atoms with Gasteiger partial charge in [0.15, 0.2) is 0 Å². The first-order chi connectivity index (χ1) is 21.4. The van der Waals surface area contributed by atoms with E-state index in [1.165, 1.54) is 8.61 Å². The van der Waals surface area contributed by atoms with Gasteiger partial charge in [-0.2, -0.15) is 8.61 Å². The molecular weight excluding hydrogens is 651 g/mol. The minimum Gasteiger partial charge on any atom is -0.299 e. The Labute approximate surface area is 274 Å². The maximum atomic E-state index is 14.6. The predicted octanol–water partition coefficient (Wildman–Crippen LogP) is 7.14. The van der Waals surface area contributed by atoms with E-state index in [9.17, 15) is 21.6 Å². The first-order valence-corrected chi connectivity index (χ1v) is 18.2. The summed E-state index contributed by atoms with van der Waals surface area (Å²) in [7, 11) is -8.24. The number of nitrogens with zero attached hydrogens (tertiary/aromatic N) is 2. The van der Waals surface area contributed by atoms with Crippen LogP contribution in [0.15, 0.2) is 107 Å². The Bertz CT molecular complexity index is 1950. The van der Waals surface area contributed by atoms with Crippen LogP contribution in [-0.2, 0) is 24.8 Å². The van der Waals surface area contributed by atoms with Gasteiger partial charge in [0.05, 0.1) is 21.9 Å². The lowest BCUT2D eigenvalue weighted by molar-refractivity contribution is -0.132. The number of Topliss-reactive ketones (excluding diaryl/α,β-unsaturated/α-hetero) is 1. The number of halogens is 2. The molecule has 7 nitrogen and oxygen atoms in total. The minimum atomic E-state index is -4.15. The van der Waals surface area contributed by atoms with Crippen molar-refractivity contribution >= 4 is 49.0 Å². The summed E-state index contributed by atoms with van der Waals surface area (Å²) in [6, 6.07) is 24.5. The molecule has 0 N–H and O–H groups in total. The lowest BCUT2D eigenvalue weighted by atomic mass is 9.77. The second-order valence-corrected chi connectivity index (χ2v) is 16.4. The lowest BCUT2D eigenvalue weighted by Gasteiger charge is -2.51. The third-order valence-corrected chi connectivity index (χ3v) is 13.1. The molecule has 11 heteroatoms. The standard InChI is InChI=1S/C34H32Cl2N2O5S2/c1-22-6-14-28(15-7-22)44(40,41)37-21-30-33(19-31(37)25-4-3-5-27(36)18-25)38(45(42,43)29-16-8-23(2)9-17-29)32(20-34(30)39)24-10-12-26(35)13-11-24/h3-18,30-33H,19-21H2,1-2H3/t30-,31+,32+,33+/m1/s1. The van der Waals surface area contributed by atoms with Gasteiger partial charge in [0.25, 0.3) is 0 Å². The van der Waals surface area contributed by atoms with Crippen molar-refractivity contribution < 1.29 is 21.6 Å². The zero-order chi connectivity index (χ0) is 32.1. The van der Waals surface area contributed by atoms with Gasteiger partial charge in [-0.05, 0) is 79.9 Å². The van der Waals surface area contributed by atoms with Crippen LogP contribution in [0, 0.1) is 19.8 Å². The number of hydrogen-bond donors (Lipinski definition) is 0. The first kappa shape index (κ1) is 31.9. The molecule has 2 aliphatic heterocycles. The van der Waals surface area contributed by atoms with Gasteiger partial charge in [-0.3, -0.25) is 4.79 Å². The Morgan fingerprint density at radius 3 is 1.82 bits per heavy atom. The summed E-state index contributed by atoms with van der Waals surface area (Å²) in [6.45, 7) is 3.57. The summed E-state index contributed by atoms with van der Waals surface area (Å²) in [5.41, 5.74) is 3.07. The van der Waals surface area contributed by atoms with E-state index in [1.807, 2.05) is 13.8 Å². The average Bonchev–Trinajstić information content (AvgIpc) is 3.01. The molecule has 4 aromatic carbocycles. The fourth-order valence-corrected chi connectivity index (χ4v) is 10.3. The molecule has 2 saturated heterocycles. The van der Waals surface area contributed by atoms with Gasteiger partial charge >= 0.3 is 0 Å². The molecule has 2 fully saturated rings. The molecule has 2 aliphatic rings. The summed E-state index contributed by atoms with van der Waals surface area (Å²) in [5.74, 6) is -1.08. The number of hydrogen-bond acceptors (Lipinski definition) is 5. The zero-order valence-electron chi connectivity index (χ0n) is 24.7. The molecule has 0 aromatic heterocycles. The largest absolute Gasteiger partial charge is 0.299 e. The Kier molecular flexibility index (Phi) is 8.71. The third kappa shape index (κ3) is 6.10. The van der Waals surface area contributed by atoms with Crippen LogP contribution in [0.25, 0.3) is 0 Å². The van der Waals surface area contributed by atoms with Crippen LogP contribution in [-0.4, -0.2) is 43.8 Å². The van der Waals surface area contributed by atoms with Crippen LogP contribution in [0.3, 0.4) is 0 Å². The fourth-order valence-electron chi connectivity index (χ4n) is 6.47. The molecular formula is C34H32Cl2N2O5S2. The van der Waals surface area contributed by atoms with Crippen LogP contribution >= 0.6 is 23.2 Å². The number of ketones is 1. The third-order valence-electron chi connectivity index (χ3n) is 8.81. The second-order valence-electron chi connectivity index (χ2n) is 11.8. The van der Waals surface area contributed by atoms with E-state index in [1.54, 1.807) is 97.1 Å². The van der Waals surface area contributed by atoms with Crippen molar-refractivity contribution in [3.8, 4) is 0 Å². The van der Waals surface area contributed by atoms with Gasteiger partial charge < -0.3 is 0 Å². The average molecular weight is 684 g/mol.